The van der Waals surface area contributed by atoms with E-state index >= 15 is 0 Å². The van der Waals surface area contributed by atoms with Crippen LogP contribution in [0.1, 0.15) is 65.4 Å². The van der Waals surface area contributed by atoms with Crippen LogP contribution in [-0.2, 0) is 9.59 Å². The SMILES string of the molecule is CC.CC(C)N1CC(C(=O)N2CCC(c3ccc(Cl)c(F)c3)C2)CCC1=O.CCNC(=O)Oc1ccc(F)cc1. The molecule has 2 aliphatic rings. The quantitative estimate of drug-likeness (QED) is 0.444. The van der Waals surface area contributed by atoms with Gasteiger partial charge in [0, 0.05) is 44.6 Å². The topological polar surface area (TPSA) is 79.0 Å². The molecule has 1 N–H and O–H groups in total. The third-order valence-electron chi connectivity index (χ3n) is 6.68. The van der Waals surface area contributed by atoms with Gasteiger partial charge in [-0.05, 0) is 75.6 Å². The van der Waals surface area contributed by atoms with E-state index in [1.54, 1.807) is 17.9 Å². The number of halogens is 3. The van der Waals surface area contributed by atoms with E-state index < -0.39 is 11.9 Å². The second kappa shape index (κ2) is 16.2. The average molecular weight is 580 g/mol. The van der Waals surface area contributed by atoms with Crippen LogP contribution < -0.4 is 10.1 Å². The first-order valence-corrected chi connectivity index (χ1v) is 14.2. The lowest BCUT2D eigenvalue weighted by molar-refractivity contribution is -0.143. The van der Waals surface area contributed by atoms with Crippen molar-refractivity contribution >= 4 is 29.5 Å². The van der Waals surface area contributed by atoms with Crippen molar-refractivity contribution in [3.8, 4) is 5.75 Å². The monoisotopic (exact) mass is 579 g/mol. The summed E-state index contributed by atoms with van der Waals surface area (Å²) in [7, 11) is 0. The van der Waals surface area contributed by atoms with E-state index in [1.165, 1.54) is 30.3 Å². The Hall–Kier alpha value is -3.20. The number of hydrogen-bond donors (Lipinski definition) is 1. The number of rotatable bonds is 5. The Balaban J connectivity index is 0.000000315. The highest BCUT2D eigenvalue weighted by Gasteiger charge is 2.36. The first-order chi connectivity index (χ1) is 19.1. The Morgan fingerprint density at radius 3 is 2.35 bits per heavy atom. The zero-order valence-corrected chi connectivity index (χ0v) is 24.6. The van der Waals surface area contributed by atoms with Crippen LogP contribution in [0.15, 0.2) is 42.5 Å². The maximum Gasteiger partial charge on any atom is 0.412 e. The number of nitrogens with one attached hydrogen (secondary N) is 1. The zero-order chi connectivity index (χ0) is 29.8. The zero-order valence-electron chi connectivity index (χ0n) is 23.9. The van der Waals surface area contributed by atoms with Crippen LogP contribution in [0.5, 0.6) is 5.75 Å². The molecule has 2 saturated heterocycles. The largest absolute Gasteiger partial charge is 0.412 e. The lowest BCUT2D eigenvalue weighted by atomic mass is 9.95. The fraction of sp³-hybridized carbons (Fsp3) is 0.500. The number of benzene rings is 2. The summed E-state index contributed by atoms with van der Waals surface area (Å²) in [4.78, 5) is 39.4. The third kappa shape index (κ3) is 9.47. The van der Waals surface area contributed by atoms with Crippen LogP contribution in [-0.4, -0.2) is 59.9 Å². The van der Waals surface area contributed by atoms with Crippen LogP contribution >= 0.6 is 11.6 Å². The van der Waals surface area contributed by atoms with Gasteiger partial charge in [0.05, 0.1) is 10.9 Å². The summed E-state index contributed by atoms with van der Waals surface area (Å²) in [5, 5.41) is 2.57. The molecule has 10 heteroatoms. The number of hydrogen-bond acceptors (Lipinski definition) is 4. The molecule has 4 rings (SSSR count). The minimum atomic E-state index is -0.533. The molecule has 0 spiro atoms. The second-order valence-electron chi connectivity index (χ2n) is 9.69. The van der Waals surface area contributed by atoms with E-state index in [0.29, 0.717) is 44.8 Å². The molecule has 2 aliphatic heterocycles. The highest BCUT2D eigenvalue weighted by molar-refractivity contribution is 6.30. The van der Waals surface area contributed by atoms with Gasteiger partial charge in [-0.3, -0.25) is 9.59 Å². The van der Waals surface area contributed by atoms with Crippen molar-refractivity contribution < 1.29 is 27.9 Å². The van der Waals surface area contributed by atoms with E-state index in [9.17, 15) is 23.2 Å². The number of amides is 3. The number of carbonyl (C=O) groups is 3. The molecule has 2 fully saturated rings. The van der Waals surface area contributed by atoms with Gasteiger partial charge in [0.1, 0.15) is 17.4 Å². The van der Waals surface area contributed by atoms with E-state index in [0.717, 1.165) is 12.0 Å². The van der Waals surface area contributed by atoms with Crippen LogP contribution in [0.3, 0.4) is 0 Å². The molecule has 2 heterocycles. The van der Waals surface area contributed by atoms with Gasteiger partial charge >= 0.3 is 6.09 Å². The predicted octanol–water partition coefficient (Wildman–Crippen LogP) is 6.40. The van der Waals surface area contributed by atoms with Crippen molar-refractivity contribution in [2.75, 3.05) is 26.2 Å². The van der Waals surface area contributed by atoms with Crippen LogP contribution in [0.2, 0.25) is 5.02 Å². The van der Waals surface area contributed by atoms with E-state index in [2.05, 4.69) is 5.32 Å². The fourth-order valence-corrected chi connectivity index (χ4v) is 4.74. The van der Waals surface area contributed by atoms with Gasteiger partial charge < -0.3 is 19.9 Å². The molecule has 7 nitrogen and oxygen atoms in total. The predicted molar refractivity (Wildman–Crippen MR) is 152 cm³/mol. The van der Waals surface area contributed by atoms with Gasteiger partial charge in [-0.15, -0.1) is 0 Å². The summed E-state index contributed by atoms with van der Waals surface area (Å²) in [6.45, 7) is 12.0. The van der Waals surface area contributed by atoms with Gasteiger partial charge in [-0.2, -0.15) is 0 Å². The standard InChI is InChI=1S/C19H24ClFN2O2.C9H10FNO2.C2H6/c1-12(2)23-11-15(4-6-18(23)24)19(25)22-8-7-14(10-22)13-3-5-16(20)17(21)9-13;1-2-11-9(12)13-8-5-3-7(10)4-6-8;1-2/h3,5,9,12,14-15H,4,6-8,10-11H2,1-2H3;3-6H,2H2,1H3,(H,11,12);1-2H3. The van der Waals surface area contributed by atoms with Crippen LogP contribution in [0.4, 0.5) is 13.6 Å². The first kappa shape index (κ1) is 33.0. The third-order valence-corrected chi connectivity index (χ3v) is 6.98. The highest BCUT2D eigenvalue weighted by Crippen LogP contribution is 2.31. The summed E-state index contributed by atoms with van der Waals surface area (Å²) in [5.41, 5.74) is 0.889. The number of piperidine rings is 1. The molecule has 2 aromatic rings. The van der Waals surface area contributed by atoms with E-state index in [-0.39, 0.29) is 40.5 Å². The normalized spacial score (nSPS) is 18.4. The van der Waals surface area contributed by atoms with E-state index in [4.69, 9.17) is 16.3 Å². The molecule has 40 heavy (non-hydrogen) atoms. The van der Waals surface area contributed by atoms with Gasteiger partial charge in [-0.25, -0.2) is 13.6 Å². The smallest absolute Gasteiger partial charge is 0.410 e. The number of carbonyl (C=O) groups excluding carboxylic acids is 3. The van der Waals surface area contributed by atoms with Crippen molar-refractivity contribution in [1.82, 2.24) is 15.1 Å². The highest BCUT2D eigenvalue weighted by atomic mass is 35.5. The van der Waals surface area contributed by atoms with Crippen LogP contribution in [0.25, 0.3) is 0 Å². The lowest BCUT2D eigenvalue weighted by Gasteiger charge is -2.36. The fourth-order valence-electron chi connectivity index (χ4n) is 4.62. The number of likely N-dealkylation sites (tertiary alicyclic amines) is 2. The Morgan fingerprint density at radius 2 is 1.75 bits per heavy atom. The Kier molecular flexibility index (Phi) is 13.3. The molecule has 0 aromatic heterocycles. The Bertz CT molecular complexity index is 1130. The minimum Gasteiger partial charge on any atom is -0.410 e. The number of nitrogens with zero attached hydrogens (tertiary/aromatic N) is 2. The minimum absolute atomic E-state index is 0.117. The molecule has 220 valence electrons. The molecular formula is C30H40ClF2N3O4. The summed E-state index contributed by atoms with van der Waals surface area (Å²) in [6, 6.07) is 10.2. The Labute approximate surface area is 240 Å². The van der Waals surface area contributed by atoms with Crippen molar-refractivity contribution in [3.05, 3.63) is 64.7 Å². The lowest BCUT2D eigenvalue weighted by Crippen LogP contribution is -2.49. The van der Waals surface area contributed by atoms with E-state index in [1.807, 2.05) is 38.7 Å². The molecule has 3 amide bonds. The summed E-state index contributed by atoms with van der Waals surface area (Å²) in [6.07, 6.45) is 1.35. The van der Waals surface area contributed by atoms with Crippen molar-refractivity contribution in [2.24, 2.45) is 5.92 Å². The average Bonchev–Trinajstić information content (AvgIpc) is 3.43. The molecule has 0 bridgehead atoms. The van der Waals surface area contributed by atoms with Crippen LogP contribution in [0, 0.1) is 17.6 Å². The number of ether oxygens (including phenoxy) is 1. The van der Waals surface area contributed by atoms with Crippen molar-refractivity contribution in [2.45, 2.75) is 65.8 Å². The Morgan fingerprint density at radius 1 is 1.07 bits per heavy atom. The molecule has 0 radical (unpaired) electrons. The molecule has 0 aliphatic carbocycles. The maximum absolute atomic E-state index is 13.7. The van der Waals surface area contributed by atoms with Gasteiger partial charge in [0.15, 0.2) is 0 Å². The first-order valence-electron chi connectivity index (χ1n) is 13.8. The maximum atomic E-state index is 13.7. The summed E-state index contributed by atoms with van der Waals surface area (Å²) in [5.74, 6) is -0.175. The van der Waals surface area contributed by atoms with Gasteiger partial charge in [0.25, 0.3) is 0 Å². The summed E-state index contributed by atoms with van der Waals surface area (Å²) >= 11 is 5.75. The molecular weight excluding hydrogens is 540 g/mol. The van der Waals surface area contributed by atoms with Crippen molar-refractivity contribution in [1.29, 1.82) is 0 Å². The van der Waals surface area contributed by atoms with Crippen molar-refractivity contribution in [3.63, 3.8) is 0 Å². The second-order valence-corrected chi connectivity index (χ2v) is 10.1. The summed E-state index contributed by atoms with van der Waals surface area (Å²) < 4.78 is 30.9. The van der Waals surface area contributed by atoms with Gasteiger partial charge in [-0.1, -0.05) is 31.5 Å². The molecule has 2 atom stereocenters. The molecule has 2 aromatic carbocycles. The molecule has 0 saturated carbocycles. The molecule has 2 unspecified atom stereocenters. The van der Waals surface area contributed by atoms with Gasteiger partial charge in [0.2, 0.25) is 11.8 Å².